The number of benzene rings is 2. The largest absolute Gasteiger partial charge is 0.497 e. The van der Waals surface area contributed by atoms with Crippen LogP contribution in [-0.2, 0) is 6.54 Å². The van der Waals surface area contributed by atoms with E-state index in [1.165, 1.54) is 12.1 Å². The highest BCUT2D eigenvalue weighted by molar-refractivity contribution is 7.80. The molecule has 2 rings (SSSR count). The first-order valence-electron chi connectivity index (χ1n) is 6.11. The Kier molecular flexibility index (Phi) is 4.90. The van der Waals surface area contributed by atoms with Gasteiger partial charge in [-0.15, -0.1) is 0 Å². The Bertz CT molecular complexity index is 604. The van der Waals surface area contributed by atoms with Gasteiger partial charge in [-0.05, 0) is 48.1 Å². The minimum absolute atomic E-state index is 0.300. The Hall–Kier alpha value is -2.14. The molecule has 0 atom stereocenters. The highest BCUT2D eigenvalue weighted by Crippen LogP contribution is 2.12. The highest BCUT2D eigenvalue weighted by atomic mass is 32.1. The highest BCUT2D eigenvalue weighted by Gasteiger charge is 2.00. The number of nitrogens with one attached hydrogen (secondary N) is 2. The summed E-state index contributed by atoms with van der Waals surface area (Å²) >= 11 is 5.16. The van der Waals surface area contributed by atoms with Crippen LogP contribution in [0.5, 0.6) is 5.75 Å². The summed E-state index contributed by atoms with van der Waals surface area (Å²) in [5.74, 6) is 0.499. The minimum Gasteiger partial charge on any atom is -0.497 e. The average molecular weight is 290 g/mol. The van der Waals surface area contributed by atoms with Crippen LogP contribution in [0.3, 0.4) is 0 Å². The molecule has 0 fully saturated rings. The molecule has 5 heteroatoms. The number of methoxy groups -OCH3 is 1. The van der Waals surface area contributed by atoms with Crippen LogP contribution in [0.4, 0.5) is 10.1 Å². The summed E-state index contributed by atoms with van der Waals surface area (Å²) < 4.78 is 18.2. The van der Waals surface area contributed by atoms with E-state index in [0.29, 0.717) is 17.3 Å². The van der Waals surface area contributed by atoms with Crippen molar-refractivity contribution in [2.24, 2.45) is 0 Å². The maximum absolute atomic E-state index is 13.0. The van der Waals surface area contributed by atoms with Gasteiger partial charge in [-0.25, -0.2) is 4.39 Å². The van der Waals surface area contributed by atoms with E-state index < -0.39 is 0 Å². The van der Waals surface area contributed by atoms with Gasteiger partial charge >= 0.3 is 0 Å². The molecule has 0 radical (unpaired) electrons. The summed E-state index contributed by atoms with van der Waals surface area (Å²) in [5.41, 5.74) is 1.67. The Labute approximate surface area is 122 Å². The summed E-state index contributed by atoms with van der Waals surface area (Å²) in [6.45, 7) is 0.568. The standard InChI is InChI=1S/C15H15FN2OS/c1-19-14-7-2-4-11(8-14)10-17-15(20)18-13-6-3-5-12(16)9-13/h2-9H,10H2,1H3,(H2,17,18,20). The number of hydrogen-bond acceptors (Lipinski definition) is 2. The Morgan fingerprint density at radius 3 is 2.75 bits per heavy atom. The Morgan fingerprint density at radius 1 is 1.20 bits per heavy atom. The molecule has 0 aromatic heterocycles. The number of rotatable bonds is 4. The molecule has 0 saturated carbocycles. The van der Waals surface area contributed by atoms with E-state index in [2.05, 4.69) is 10.6 Å². The molecule has 2 aromatic rings. The molecule has 2 aromatic carbocycles. The first-order chi connectivity index (χ1) is 9.67. The second-order valence-corrected chi connectivity index (χ2v) is 4.58. The average Bonchev–Trinajstić information content (AvgIpc) is 2.45. The molecule has 0 aliphatic rings. The summed E-state index contributed by atoms with van der Waals surface area (Å²) in [4.78, 5) is 0. The molecule has 0 aliphatic heterocycles. The monoisotopic (exact) mass is 290 g/mol. The number of anilines is 1. The zero-order chi connectivity index (χ0) is 14.4. The van der Waals surface area contributed by atoms with E-state index >= 15 is 0 Å². The lowest BCUT2D eigenvalue weighted by Gasteiger charge is -2.11. The molecule has 2 N–H and O–H groups in total. The van der Waals surface area contributed by atoms with Gasteiger partial charge in [0, 0.05) is 12.2 Å². The van der Waals surface area contributed by atoms with Crippen LogP contribution < -0.4 is 15.4 Å². The Morgan fingerprint density at radius 2 is 2.00 bits per heavy atom. The molecule has 0 amide bonds. The fourth-order valence-corrected chi connectivity index (χ4v) is 1.90. The van der Waals surface area contributed by atoms with E-state index in [9.17, 15) is 4.39 Å². The predicted octanol–water partition coefficient (Wildman–Crippen LogP) is 3.32. The van der Waals surface area contributed by atoms with Crippen molar-refractivity contribution in [1.29, 1.82) is 0 Å². The van der Waals surface area contributed by atoms with E-state index in [4.69, 9.17) is 17.0 Å². The molecular formula is C15H15FN2OS. The quantitative estimate of drug-likeness (QED) is 0.846. The first kappa shape index (κ1) is 14.3. The molecule has 20 heavy (non-hydrogen) atoms. The molecule has 0 unspecified atom stereocenters. The normalized spacial score (nSPS) is 9.90. The fraction of sp³-hybridized carbons (Fsp3) is 0.133. The smallest absolute Gasteiger partial charge is 0.171 e. The van der Waals surface area contributed by atoms with E-state index in [1.54, 1.807) is 19.2 Å². The van der Waals surface area contributed by atoms with Gasteiger partial charge in [0.2, 0.25) is 0 Å². The molecule has 0 saturated heterocycles. The van der Waals surface area contributed by atoms with Crippen molar-refractivity contribution < 1.29 is 9.13 Å². The lowest BCUT2D eigenvalue weighted by molar-refractivity contribution is 0.414. The third kappa shape index (κ3) is 4.20. The summed E-state index contributed by atoms with van der Waals surface area (Å²) in [5, 5.41) is 6.43. The molecule has 0 bridgehead atoms. The maximum Gasteiger partial charge on any atom is 0.171 e. The fourth-order valence-electron chi connectivity index (χ4n) is 1.71. The first-order valence-corrected chi connectivity index (χ1v) is 6.51. The van der Waals surface area contributed by atoms with Gasteiger partial charge in [0.1, 0.15) is 11.6 Å². The molecular weight excluding hydrogens is 275 g/mol. The van der Waals surface area contributed by atoms with Crippen molar-refractivity contribution >= 4 is 23.0 Å². The van der Waals surface area contributed by atoms with Crippen LogP contribution >= 0.6 is 12.2 Å². The lowest BCUT2D eigenvalue weighted by Crippen LogP contribution is -2.27. The molecule has 0 heterocycles. The van der Waals surface area contributed by atoms with Crippen molar-refractivity contribution in [3.8, 4) is 5.75 Å². The maximum atomic E-state index is 13.0. The van der Waals surface area contributed by atoms with Crippen LogP contribution in [0.25, 0.3) is 0 Å². The van der Waals surface area contributed by atoms with Gasteiger partial charge in [0.05, 0.1) is 7.11 Å². The van der Waals surface area contributed by atoms with Gasteiger partial charge in [0.25, 0.3) is 0 Å². The summed E-state index contributed by atoms with van der Waals surface area (Å²) in [6.07, 6.45) is 0. The third-order valence-corrected chi connectivity index (χ3v) is 2.92. The van der Waals surface area contributed by atoms with Crippen LogP contribution in [0.1, 0.15) is 5.56 Å². The van der Waals surface area contributed by atoms with Gasteiger partial charge in [-0.1, -0.05) is 18.2 Å². The zero-order valence-electron chi connectivity index (χ0n) is 11.0. The molecule has 104 valence electrons. The Balaban J connectivity index is 1.88. The van der Waals surface area contributed by atoms with Crippen LogP contribution in [0.2, 0.25) is 0 Å². The van der Waals surface area contributed by atoms with Gasteiger partial charge in [-0.3, -0.25) is 0 Å². The van der Waals surface area contributed by atoms with Crippen molar-refractivity contribution in [2.45, 2.75) is 6.54 Å². The number of ether oxygens (including phenoxy) is 1. The van der Waals surface area contributed by atoms with Gasteiger partial charge in [0.15, 0.2) is 5.11 Å². The van der Waals surface area contributed by atoms with Crippen molar-refractivity contribution in [1.82, 2.24) is 5.32 Å². The van der Waals surface area contributed by atoms with Gasteiger partial charge < -0.3 is 15.4 Å². The van der Waals surface area contributed by atoms with E-state index in [-0.39, 0.29) is 5.82 Å². The second-order valence-electron chi connectivity index (χ2n) is 4.17. The third-order valence-electron chi connectivity index (χ3n) is 2.67. The lowest BCUT2D eigenvalue weighted by atomic mass is 10.2. The second kappa shape index (κ2) is 6.86. The number of thiocarbonyl (C=S) groups is 1. The number of hydrogen-bond donors (Lipinski definition) is 2. The predicted molar refractivity (Wildman–Crippen MR) is 82.5 cm³/mol. The van der Waals surface area contributed by atoms with Gasteiger partial charge in [-0.2, -0.15) is 0 Å². The van der Waals surface area contributed by atoms with Crippen molar-refractivity contribution in [3.05, 3.63) is 59.9 Å². The minimum atomic E-state index is -0.300. The SMILES string of the molecule is COc1cccc(CNC(=S)Nc2cccc(F)c2)c1. The van der Waals surface area contributed by atoms with Crippen molar-refractivity contribution in [2.75, 3.05) is 12.4 Å². The molecule has 0 spiro atoms. The van der Waals surface area contributed by atoms with E-state index in [0.717, 1.165) is 11.3 Å². The topological polar surface area (TPSA) is 33.3 Å². The molecule has 3 nitrogen and oxygen atoms in total. The van der Waals surface area contributed by atoms with E-state index in [1.807, 2.05) is 24.3 Å². The summed E-state index contributed by atoms with van der Waals surface area (Å²) in [7, 11) is 1.63. The van der Waals surface area contributed by atoms with Crippen LogP contribution in [0.15, 0.2) is 48.5 Å². The van der Waals surface area contributed by atoms with Crippen LogP contribution in [0, 0.1) is 5.82 Å². The summed E-state index contributed by atoms with van der Waals surface area (Å²) in [6, 6.07) is 13.9. The van der Waals surface area contributed by atoms with Crippen molar-refractivity contribution in [3.63, 3.8) is 0 Å². The zero-order valence-corrected chi connectivity index (χ0v) is 11.8. The van der Waals surface area contributed by atoms with Crippen LogP contribution in [-0.4, -0.2) is 12.2 Å². The number of halogens is 1. The molecule has 0 aliphatic carbocycles.